The zero-order valence-corrected chi connectivity index (χ0v) is 33.1. The van der Waals surface area contributed by atoms with E-state index in [-0.39, 0.29) is 42.2 Å². The summed E-state index contributed by atoms with van der Waals surface area (Å²) < 4.78 is 10.3. The van der Waals surface area contributed by atoms with Crippen molar-refractivity contribution in [2.24, 2.45) is 34.6 Å². The van der Waals surface area contributed by atoms with Crippen LogP contribution in [-0.2, 0) is 23.9 Å². The fourth-order valence-corrected chi connectivity index (χ4v) is 9.67. The van der Waals surface area contributed by atoms with Gasteiger partial charge in [0.1, 0.15) is 5.82 Å². The summed E-state index contributed by atoms with van der Waals surface area (Å²) in [5.74, 6) is 0.673. The summed E-state index contributed by atoms with van der Waals surface area (Å²) in [5, 5.41) is 3.24. The van der Waals surface area contributed by atoms with Crippen molar-refractivity contribution in [2.45, 2.75) is 77.0 Å². The summed E-state index contributed by atoms with van der Waals surface area (Å²) >= 11 is 0. The van der Waals surface area contributed by atoms with Crippen LogP contribution in [0.15, 0.2) is 84.5 Å². The van der Waals surface area contributed by atoms with E-state index in [0.29, 0.717) is 18.4 Å². The number of aromatic amines is 1. The number of amides is 2. The van der Waals surface area contributed by atoms with Crippen molar-refractivity contribution in [3.63, 3.8) is 0 Å². The molecular weight excluding hydrogens is 719 g/mol. The Morgan fingerprint density at radius 2 is 1.61 bits per heavy atom. The van der Waals surface area contributed by atoms with Gasteiger partial charge in [0.05, 0.1) is 61.4 Å². The van der Waals surface area contributed by atoms with Gasteiger partial charge >= 0.3 is 5.97 Å². The standard InChI is InChI=1S/C45H51N7O5/c1-26(37-24-46-17-18-47-37)50-44(54)42-33-16-15-32(20-33)41(42)36-21-34(23-48-36)30-9-7-28(8-10-30)29-11-13-31(14-12-29)38-25-49-43(51-38)39-6-5-19-52(39)45(55)35(27(2)56-3)22-40(53)57-4/h7-14,17-18,23-27,32-33,35,39,41-42H,5-6,15-16,19-22H2,1-4H3,(H,49,51)(H,50,54)/t26?,27-,32?,33?,35+,39+,41?,42-/m1/s1. The maximum atomic E-state index is 13.7. The van der Waals surface area contributed by atoms with Crippen LogP contribution in [0, 0.1) is 29.6 Å². The molecule has 2 bridgehead atoms. The van der Waals surface area contributed by atoms with E-state index < -0.39 is 18.0 Å². The first kappa shape index (κ1) is 38.4. The number of hydrogen-bond acceptors (Lipinski definition) is 9. The Labute approximate surface area is 333 Å². The minimum Gasteiger partial charge on any atom is -0.469 e. The fraction of sp³-hybridized carbons (Fsp3) is 0.444. The molecule has 2 aromatic heterocycles. The van der Waals surface area contributed by atoms with Gasteiger partial charge < -0.3 is 24.7 Å². The Bertz CT molecular complexity index is 2150. The Morgan fingerprint density at radius 3 is 2.32 bits per heavy atom. The van der Waals surface area contributed by atoms with Crippen LogP contribution >= 0.6 is 0 Å². The second-order valence-corrected chi connectivity index (χ2v) is 16.1. The highest BCUT2D eigenvalue weighted by Crippen LogP contribution is 2.54. The second kappa shape index (κ2) is 16.5. The SMILES string of the molecule is COC(=O)C[C@H](C(=O)N1CCC[C@H]1c1ncc(-c2ccc(-c3ccc(C4=CN=C(C5C6CCC(C6)[C@H]5C(=O)NC(C)c5cnccn5)C4)cc3)cc2)[nH]1)[C@@H](C)OC. The number of ether oxygens (including phenoxy) is 2. The number of fused-ring (bicyclic) bond motifs is 2. The summed E-state index contributed by atoms with van der Waals surface area (Å²) in [5.41, 5.74) is 8.33. The lowest BCUT2D eigenvalue weighted by atomic mass is 9.74. The zero-order chi connectivity index (χ0) is 39.6. The first-order chi connectivity index (χ1) is 27.7. The number of likely N-dealkylation sites (tertiary alicyclic amines) is 1. The molecule has 4 heterocycles. The van der Waals surface area contributed by atoms with E-state index in [4.69, 9.17) is 19.5 Å². The lowest BCUT2D eigenvalue weighted by Gasteiger charge is -2.31. The van der Waals surface area contributed by atoms with Gasteiger partial charge in [0.2, 0.25) is 11.8 Å². The minimum absolute atomic E-state index is 0.0329. The molecule has 2 aromatic carbocycles. The number of carbonyl (C=O) groups excluding carboxylic acids is 3. The van der Waals surface area contributed by atoms with E-state index in [1.54, 1.807) is 32.6 Å². The highest BCUT2D eigenvalue weighted by Gasteiger charge is 2.53. The third-order valence-electron chi connectivity index (χ3n) is 12.8. The zero-order valence-electron chi connectivity index (χ0n) is 33.1. The van der Waals surface area contributed by atoms with E-state index in [2.05, 4.69) is 68.8 Å². The average molecular weight is 770 g/mol. The van der Waals surface area contributed by atoms with Crippen LogP contribution in [0.4, 0.5) is 0 Å². The molecule has 0 spiro atoms. The number of imidazole rings is 1. The molecule has 2 aliphatic carbocycles. The molecule has 2 amide bonds. The topological polar surface area (TPSA) is 152 Å². The van der Waals surface area contributed by atoms with Gasteiger partial charge in [-0.2, -0.15) is 0 Å². The Hall–Kier alpha value is -5.49. The van der Waals surface area contributed by atoms with Crippen LogP contribution in [0.2, 0.25) is 0 Å². The van der Waals surface area contributed by atoms with Gasteiger partial charge in [-0.3, -0.25) is 29.3 Å². The maximum Gasteiger partial charge on any atom is 0.306 e. The number of aromatic nitrogens is 4. The molecule has 296 valence electrons. The van der Waals surface area contributed by atoms with E-state index >= 15 is 0 Å². The van der Waals surface area contributed by atoms with Gasteiger partial charge in [-0.15, -0.1) is 0 Å². The molecule has 8 atom stereocenters. The normalized spacial score (nSPS) is 24.1. The third kappa shape index (κ3) is 7.79. The first-order valence-corrected chi connectivity index (χ1v) is 20.2. The van der Waals surface area contributed by atoms with Gasteiger partial charge in [-0.25, -0.2) is 4.98 Å². The predicted molar refractivity (Wildman–Crippen MR) is 216 cm³/mol. The highest BCUT2D eigenvalue weighted by atomic mass is 16.5. The monoisotopic (exact) mass is 769 g/mol. The average Bonchev–Trinajstić information content (AvgIpc) is 4.11. The van der Waals surface area contributed by atoms with Crippen LogP contribution in [0.3, 0.4) is 0 Å². The molecular formula is C45H51N7O5. The fourth-order valence-electron chi connectivity index (χ4n) is 9.67. The quantitative estimate of drug-likeness (QED) is 0.136. The summed E-state index contributed by atoms with van der Waals surface area (Å²) in [6.07, 6.45) is 14.2. The lowest BCUT2D eigenvalue weighted by molar-refractivity contribution is -0.151. The number of aliphatic imine (C=N–C) groups is 1. The Kier molecular flexibility index (Phi) is 11.1. The molecule has 2 aliphatic heterocycles. The minimum atomic E-state index is -0.634. The number of esters is 1. The van der Waals surface area contributed by atoms with Crippen molar-refractivity contribution >= 4 is 29.1 Å². The van der Waals surface area contributed by atoms with E-state index in [9.17, 15) is 14.4 Å². The second-order valence-electron chi connectivity index (χ2n) is 16.1. The summed E-state index contributed by atoms with van der Waals surface area (Å²) in [4.78, 5) is 63.1. The number of nitrogens with zero attached hydrogens (tertiary/aromatic N) is 5. The molecule has 4 unspecified atom stereocenters. The number of hydrogen-bond donors (Lipinski definition) is 2. The van der Waals surface area contributed by atoms with Crippen LogP contribution in [0.25, 0.3) is 28.0 Å². The first-order valence-electron chi connectivity index (χ1n) is 20.2. The molecule has 12 nitrogen and oxygen atoms in total. The Morgan fingerprint density at radius 1 is 0.895 bits per heavy atom. The number of rotatable bonds is 13. The number of methoxy groups -OCH3 is 2. The smallest absolute Gasteiger partial charge is 0.306 e. The van der Waals surface area contributed by atoms with Gasteiger partial charge in [-0.1, -0.05) is 48.5 Å². The van der Waals surface area contributed by atoms with Crippen molar-refractivity contribution in [1.82, 2.24) is 30.2 Å². The van der Waals surface area contributed by atoms with E-state index in [1.807, 2.05) is 24.2 Å². The molecule has 2 N–H and O–H groups in total. The molecule has 4 aliphatic rings. The van der Waals surface area contributed by atoms with Crippen molar-refractivity contribution in [3.8, 4) is 22.4 Å². The van der Waals surface area contributed by atoms with Crippen molar-refractivity contribution < 1.29 is 23.9 Å². The largest absolute Gasteiger partial charge is 0.469 e. The summed E-state index contributed by atoms with van der Waals surface area (Å²) in [6.45, 7) is 4.37. The molecule has 1 saturated heterocycles. The van der Waals surface area contributed by atoms with E-state index in [0.717, 1.165) is 83.7 Å². The maximum absolute atomic E-state index is 13.7. The molecule has 12 heteroatoms. The van der Waals surface area contributed by atoms with Crippen molar-refractivity contribution in [1.29, 1.82) is 0 Å². The molecule has 57 heavy (non-hydrogen) atoms. The van der Waals surface area contributed by atoms with Crippen LogP contribution in [0.1, 0.15) is 88.0 Å². The molecule has 4 aromatic rings. The van der Waals surface area contributed by atoms with Gasteiger partial charge in [0.15, 0.2) is 0 Å². The van der Waals surface area contributed by atoms with Gasteiger partial charge in [0, 0.05) is 56.2 Å². The molecule has 0 radical (unpaired) electrons. The van der Waals surface area contributed by atoms with Crippen LogP contribution in [0.5, 0.6) is 0 Å². The van der Waals surface area contributed by atoms with Crippen molar-refractivity contribution in [3.05, 3.63) is 96.6 Å². The number of carbonyl (C=O) groups is 3. The number of H-pyrrole nitrogens is 1. The van der Waals surface area contributed by atoms with Gasteiger partial charge in [-0.05, 0) is 85.6 Å². The third-order valence-corrected chi connectivity index (χ3v) is 12.8. The molecule has 2 saturated carbocycles. The lowest BCUT2D eigenvalue weighted by Crippen LogP contribution is -2.42. The van der Waals surface area contributed by atoms with Crippen LogP contribution in [-0.4, -0.2) is 75.2 Å². The molecule has 8 rings (SSSR count). The number of nitrogens with one attached hydrogen (secondary N) is 2. The van der Waals surface area contributed by atoms with Crippen molar-refractivity contribution in [2.75, 3.05) is 20.8 Å². The summed E-state index contributed by atoms with van der Waals surface area (Å²) in [7, 11) is 2.88. The number of allylic oxidation sites excluding steroid dienone is 1. The summed E-state index contributed by atoms with van der Waals surface area (Å²) in [6, 6.07) is 16.6. The highest BCUT2D eigenvalue weighted by molar-refractivity contribution is 6.02. The molecule has 3 fully saturated rings. The van der Waals surface area contributed by atoms with Crippen LogP contribution < -0.4 is 5.32 Å². The van der Waals surface area contributed by atoms with E-state index in [1.165, 1.54) is 12.7 Å². The Balaban J connectivity index is 0.893. The predicted octanol–water partition coefficient (Wildman–Crippen LogP) is 7.14. The number of benzene rings is 2. The van der Waals surface area contributed by atoms with Gasteiger partial charge in [0.25, 0.3) is 0 Å².